The third-order valence-electron chi connectivity index (χ3n) is 5.50. The predicted molar refractivity (Wildman–Crippen MR) is 117 cm³/mol. The van der Waals surface area contributed by atoms with Crippen LogP contribution in [0.1, 0.15) is 62.7 Å². The molecule has 0 bridgehead atoms. The Kier molecular flexibility index (Phi) is 6.91. The smallest absolute Gasteiger partial charge is 0.245 e. The van der Waals surface area contributed by atoms with E-state index in [1.165, 1.54) is 13.0 Å². The third-order valence-corrected chi connectivity index (χ3v) is 6.51. The van der Waals surface area contributed by atoms with Gasteiger partial charge in [-0.25, -0.2) is 9.37 Å². The van der Waals surface area contributed by atoms with Crippen molar-refractivity contribution >= 4 is 23.2 Å². The van der Waals surface area contributed by atoms with Crippen molar-refractivity contribution in [2.45, 2.75) is 64.3 Å². The second kappa shape index (κ2) is 9.25. The van der Waals surface area contributed by atoms with Crippen LogP contribution in [-0.2, 0) is 21.4 Å². The van der Waals surface area contributed by atoms with Crippen molar-refractivity contribution in [1.29, 1.82) is 0 Å². The SMILES string of the molecule is CC(=O)NC(Cc1ccccc1F)C(=O)N1CCC(c2nc(C(C)(C)C)cs2)CC1. The Bertz CT molecular complexity index is 898. The minimum Gasteiger partial charge on any atom is -0.344 e. The summed E-state index contributed by atoms with van der Waals surface area (Å²) in [6.45, 7) is 9.08. The van der Waals surface area contributed by atoms with Crippen LogP contribution in [0.25, 0.3) is 0 Å². The number of likely N-dealkylation sites (tertiary alicyclic amines) is 1. The fourth-order valence-electron chi connectivity index (χ4n) is 3.72. The maximum atomic E-state index is 14.1. The van der Waals surface area contributed by atoms with E-state index in [0.29, 0.717) is 24.6 Å². The molecule has 1 fully saturated rings. The number of hydrogen-bond donors (Lipinski definition) is 1. The van der Waals surface area contributed by atoms with Gasteiger partial charge in [-0.05, 0) is 24.5 Å². The molecule has 1 unspecified atom stereocenters. The summed E-state index contributed by atoms with van der Waals surface area (Å²) in [5.74, 6) is -0.461. The number of nitrogens with one attached hydrogen (secondary N) is 1. The number of halogens is 1. The van der Waals surface area contributed by atoms with Gasteiger partial charge in [0.05, 0.1) is 10.7 Å². The molecule has 1 aromatic carbocycles. The number of amides is 2. The molecule has 30 heavy (non-hydrogen) atoms. The number of benzene rings is 1. The molecule has 1 atom stereocenters. The summed E-state index contributed by atoms with van der Waals surface area (Å²) in [6, 6.07) is 5.61. The van der Waals surface area contributed by atoms with Crippen LogP contribution in [0.2, 0.25) is 0 Å². The molecule has 0 radical (unpaired) electrons. The van der Waals surface area contributed by atoms with E-state index < -0.39 is 6.04 Å². The van der Waals surface area contributed by atoms with Gasteiger partial charge in [0.15, 0.2) is 0 Å². The molecule has 1 saturated heterocycles. The lowest BCUT2D eigenvalue weighted by atomic mass is 9.92. The molecule has 5 nitrogen and oxygen atoms in total. The van der Waals surface area contributed by atoms with Crippen molar-refractivity contribution in [2.75, 3.05) is 13.1 Å². The maximum absolute atomic E-state index is 14.1. The predicted octanol–water partition coefficient (Wildman–Crippen LogP) is 4.03. The first-order valence-electron chi connectivity index (χ1n) is 10.4. The third kappa shape index (κ3) is 5.45. The number of rotatable bonds is 5. The van der Waals surface area contributed by atoms with E-state index >= 15 is 0 Å². The van der Waals surface area contributed by atoms with Crippen molar-refractivity contribution in [3.63, 3.8) is 0 Å². The number of carbonyl (C=O) groups excluding carboxylic acids is 2. The van der Waals surface area contributed by atoms with Gasteiger partial charge in [-0.2, -0.15) is 0 Å². The van der Waals surface area contributed by atoms with Crippen molar-refractivity contribution in [3.8, 4) is 0 Å². The molecule has 1 aromatic heterocycles. The van der Waals surface area contributed by atoms with Gasteiger partial charge in [0.25, 0.3) is 0 Å². The molecule has 1 aliphatic heterocycles. The molecule has 0 aliphatic carbocycles. The summed E-state index contributed by atoms with van der Waals surface area (Å²) < 4.78 is 14.1. The normalized spacial score (nSPS) is 16.4. The summed E-state index contributed by atoms with van der Waals surface area (Å²) in [5, 5.41) is 5.98. The number of thiazole rings is 1. The molecule has 3 rings (SSSR count). The van der Waals surface area contributed by atoms with E-state index in [1.54, 1.807) is 34.4 Å². The molecule has 0 saturated carbocycles. The lowest BCUT2D eigenvalue weighted by Gasteiger charge is -2.34. The highest BCUT2D eigenvalue weighted by atomic mass is 32.1. The number of hydrogen-bond acceptors (Lipinski definition) is 4. The van der Waals surface area contributed by atoms with Crippen LogP contribution in [-0.4, -0.2) is 40.8 Å². The highest BCUT2D eigenvalue weighted by molar-refractivity contribution is 7.09. The molecule has 7 heteroatoms. The van der Waals surface area contributed by atoms with E-state index in [9.17, 15) is 14.0 Å². The zero-order valence-corrected chi connectivity index (χ0v) is 18.9. The van der Waals surface area contributed by atoms with Crippen LogP contribution < -0.4 is 5.32 Å². The van der Waals surface area contributed by atoms with Crippen molar-refractivity contribution in [3.05, 3.63) is 51.7 Å². The van der Waals surface area contributed by atoms with Crippen LogP contribution >= 0.6 is 11.3 Å². The molecule has 1 aliphatic rings. The second-order valence-electron chi connectivity index (χ2n) is 8.97. The lowest BCUT2D eigenvalue weighted by Crippen LogP contribution is -2.51. The minimum absolute atomic E-state index is 0.0315. The zero-order chi connectivity index (χ0) is 21.9. The summed E-state index contributed by atoms with van der Waals surface area (Å²) in [5.41, 5.74) is 1.57. The van der Waals surface area contributed by atoms with Crippen LogP contribution in [0.5, 0.6) is 0 Å². The molecule has 0 spiro atoms. The Morgan fingerprint density at radius 3 is 2.50 bits per heavy atom. The van der Waals surface area contributed by atoms with Gasteiger partial charge in [0, 0.05) is 43.1 Å². The molecular formula is C23H30FN3O2S. The molecule has 2 aromatic rings. The molecule has 162 valence electrons. The van der Waals surface area contributed by atoms with Crippen molar-refractivity contribution in [1.82, 2.24) is 15.2 Å². The van der Waals surface area contributed by atoms with Gasteiger partial charge in [-0.1, -0.05) is 39.0 Å². The van der Waals surface area contributed by atoms with Gasteiger partial charge in [0.1, 0.15) is 11.9 Å². The Morgan fingerprint density at radius 2 is 1.93 bits per heavy atom. The highest BCUT2D eigenvalue weighted by Gasteiger charge is 2.31. The Balaban J connectivity index is 1.65. The average Bonchev–Trinajstić information content (AvgIpc) is 3.19. The fourth-order valence-corrected chi connectivity index (χ4v) is 4.93. The fraction of sp³-hybridized carbons (Fsp3) is 0.522. The van der Waals surface area contributed by atoms with E-state index in [1.807, 2.05) is 0 Å². The van der Waals surface area contributed by atoms with E-state index in [-0.39, 0.29) is 29.5 Å². The van der Waals surface area contributed by atoms with Crippen LogP contribution in [0.4, 0.5) is 4.39 Å². The maximum Gasteiger partial charge on any atom is 0.245 e. The van der Waals surface area contributed by atoms with Gasteiger partial charge in [-0.15, -0.1) is 11.3 Å². The number of carbonyl (C=O) groups is 2. The average molecular weight is 432 g/mol. The summed E-state index contributed by atoms with van der Waals surface area (Å²) in [4.78, 5) is 31.4. The van der Waals surface area contributed by atoms with E-state index in [0.717, 1.165) is 23.5 Å². The molecule has 2 amide bonds. The van der Waals surface area contributed by atoms with E-state index in [4.69, 9.17) is 4.98 Å². The highest BCUT2D eigenvalue weighted by Crippen LogP contribution is 2.33. The Labute approximate surface area is 181 Å². The first-order chi connectivity index (χ1) is 14.1. The zero-order valence-electron chi connectivity index (χ0n) is 18.1. The Morgan fingerprint density at radius 1 is 1.27 bits per heavy atom. The van der Waals surface area contributed by atoms with Crippen LogP contribution in [0.15, 0.2) is 29.6 Å². The lowest BCUT2D eigenvalue weighted by molar-refractivity contribution is -0.137. The molecule has 2 heterocycles. The van der Waals surface area contributed by atoms with Gasteiger partial charge in [-0.3, -0.25) is 9.59 Å². The molecular weight excluding hydrogens is 401 g/mol. The van der Waals surface area contributed by atoms with Gasteiger partial charge in [0.2, 0.25) is 11.8 Å². The first-order valence-corrected chi connectivity index (χ1v) is 11.3. The number of piperidine rings is 1. The first kappa shape index (κ1) is 22.4. The summed E-state index contributed by atoms with van der Waals surface area (Å²) >= 11 is 1.70. The number of aromatic nitrogens is 1. The number of nitrogens with zero attached hydrogens (tertiary/aromatic N) is 2. The van der Waals surface area contributed by atoms with Gasteiger partial charge < -0.3 is 10.2 Å². The second-order valence-corrected chi connectivity index (χ2v) is 9.86. The largest absolute Gasteiger partial charge is 0.344 e. The summed E-state index contributed by atoms with van der Waals surface area (Å²) in [6.07, 6.45) is 1.83. The van der Waals surface area contributed by atoms with Crippen LogP contribution in [0.3, 0.4) is 0 Å². The minimum atomic E-state index is -0.761. The quantitative estimate of drug-likeness (QED) is 0.777. The molecule has 1 N–H and O–H groups in total. The van der Waals surface area contributed by atoms with Gasteiger partial charge >= 0.3 is 0 Å². The Hall–Kier alpha value is -2.28. The van der Waals surface area contributed by atoms with E-state index in [2.05, 4.69) is 31.5 Å². The monoisotopic (exact) mass is 431 g/mol. The van der Waals surface area contributed by atoms with Crippen molar-refractivity contribution in [2.24, 2.45) is 0 Å². The summed E-state index contributed by atoms with van der Waals surface area (Å²) in [7, 11) is 0. The van der Waals surface area contributed by atoms with Crippen molar-refractivity contribution < 1.29 is 14.0 Å². The van der Waals surface area contributed by atoms with Crippen LogP contribution in [0, 0.1) is 5.82 Å². The topological polar surface area (TPSA) is 62.3 Å². The standard InChI is InChI=1S/C23H30FN3O2S/c1-15(28)25-19(13-17-7-5-6-8-18(17)24)22(29)27-11-9-16(10-12-27)21-26-20(14-30-21)23(2,3)4/h5-8,14,16,19H,9-13H2,1-4H3,(H,25,28).